The Morgan fingerprint density at radius 3 is 2.62 bits per heavy atom. The Kier molecular flexibility index (Phi) is 5.15. The van der Waals surface area contributed by atoms with Crippen LogP contribution in [-0.2, 0) is 10.0 Å². The molecule has 1 aromatic rings. The molecule has 0 bridgehead atoms. The van der Waals surface area contributed by atoms with E-state index in [2.05, 4.69) is 16.7 Å². The molecule has 3 rings (SSSR count). The Hall–Kier alpha value is -1.15. The van der Waals surface area contributed by atoms with Crippen LogP contribution in [0, 0.1) is 0 Å². The van der Waals surface area contributed by atoms with Crippen LogP contribution in [0.5, 0.6) is 5.75 Å². The van der Waals surface area contributed by atoms with Gasteiger partial charge in [-0.1, -0.05) is 18.2 Å². The molecule has 0 amide bonds. The van der Waals surface area contributed by atoms with E-state index in [4.69, 9.17) is 4.74 Å². The first kappa shape index (κ1) is 17.7. The van der Waals surface area contributed by atoms with E-state index < -0.39 is 10.0 Å². The van der Waals surface area contributed by atoms with Crippen molar-refractivity contribution in [3.63, 3.8) is 0 Å². The van der Waals surface area contributed by atoms with E-state index in [0.717, 1.165) is 18.6 Å². The van der Waals surface area contributed by atoms with Crippen molar-refractivity contribution < 1.29 is 13.2 Å². The highest BCUT2D eigenvalue weighted by atomic mass is 32.2. The number of hydrogen-bond donors (Lipinski definition) is 2. The van der Waals surface area contributed by atoms with E-state index in [0.29, 0.717) is 32.2 Å². The van der Waals surface area contributed by atoms with Crippen molar-refractivity contribution in [2.75, 3.05) is 39.2 Å². The van der Waals surface area contributed by atoms with E-state index >= 15 is 0 Å². The third-order valence-electron chi connectivity index (χ3n) is 5.08. The van der Waals surface area contributed by atoms with Gasteiger partial charge in [0.15, 0.2) is 0 Å². The molecule has 0 radical (unpaired) electrons. The highest BCUT2D eigenvalue weighted by molar-refractivity contribution is 7.89. The summed E-state index contributed by atoms with van der Waals surface area (Å²) in [4.78, 5) is 0. The van der Waals surface area contributed by atoms with Gasteiger partial charge in [-0.25, -0.2) is 12.7 Å². The van der Waals surface area contributed by atoms with E-state index in [-0.39, 0.29) is 11.3 Å². The van der Waals surface area contributed by atoms with E-state index in [9.17, 15) is 8.42 Å². The number of para-hydroxylation sites is 1. The van der Waals surface area contributed by atoms with Crippen LogP contribution in [0.3, 0.4) is 0 Å². The highest BCUT2D eigenvalue weighted by Gasteiger charge is 2.37. The van der Waals surface area contributed by atoms with Gasteiger partial charge >= 0.3 is 0 Å². The number of hydrogen-bond acceptors (Lipinski definition) is 5. The summed E-state index contributed by atoms with van der Waals surface area (Å²) in [6.45, 7) is 4.47. The molecule has 134 valence electrons. The van der Waals surface area contributed by atoms with Crippen molar-refractivity contribution in [2.45, 2.75) is 31.2 Å². The molecule has 2 heterocycles. The summed E-state index contributed by atoms with van der Waals surface area (Å²) >= 11 is 0. The fourth-order valence-corrected chi connectivity index (χ4v) is 5.68. The molecule has 0 spiro atoms. The number of nitrogens with zero attached hydrogens (tertiary/aromatic N) is 1. The van der Waals surface area contributed by atoms with Gasteiger partial charge in [-0.3, -0.25) is 5.32 Å². The van der Waals surface area contributed by atoms with Gasteiger partial charge in [0.25, 0.3) is 0 Å². The lowest BCUT2D eigenvalue weighted by atomic mass is 9.89. The van der Waals surface area contributed by atoms with Crippen molar-refractivity contribution in [3.8, 4) is 5.75 Å². The second-order valence-corrected chi connectivity index (χ2v) is 8.98. The molecule has 24 heavy (non-hydrogen) atoms. The third kappa shape index (κ3) is 3.74. The minimum Gasteiger partial charge on any atom is -0.496 e. The van der Waals surface area contributed by atoms with Crippen LogP contribution in [0.15, 0.2) is 24.3 Å². The van der Waals surface area contributed by atoms with Gasteiger partial charge in [-0.2, -0.15) is 0 Å². The van der Waals surface area contributed by atoms with Gasteiger partial charge in [-0.15, -0.1) is 0 Å². The lowest BCUT2D eigenvalue weighted by Gasteiger charge is -2.34. The van der Waals surface area contributed by atoms with E-state index in [1.807, 2.05) is 25.1 Å². The summed E-state index contributed by atoms with van der Waals surface area (Å²) < 4.78 is 32.6. The molecule has 2 saturated heterocycles. The van der Waals surface area contributed by atoms with Crippen LogP contribution in [0.25, 0.3) is 0 Å². The largest absolute Gasteiger partial charge is 0.496 e. The van der Waals surface area contributed by atoms with Crippen LogP contribution in [0.1, 0.15) is 31.2 Å². The number of methoxy groups -OCH3 is 1. The maximum Gasteiger partial charge on any atom is 0.215 e. The SMILES string of the molecule is COc1ccccc1C1CCN(S(=O)(=O)C[C@]2(C)CNCN2)CC1. The summed E-state index contributed by atoms with van der Waals surface area (Å²) in [5.74, 6) is 1.40. The minimum absolute atomic E-state index is 0.145. The molecular weight excluding hydrogens is 326 g/mol. The molecule has 2 fully saturated rings. The topological polar surface area (TPSA) is 70.7 Å². The van der Waals surface area contributed by atoms with E-state index in [1.165, 1.54) is 5.56 Å². The zero-order valence-electron chi connectivity index (χ0n) is 14.4. The van der Waals surface area contributed by atoms with E-state index in [1.54, 1.807) is 11.4 Å². The molecular formula is C17H27N3O3S. The molecule has 2 aliphatic rings. The van der Waals surface area contributed by atoms with Gasteiger partial charge in [0.05, 0.1) is 12.9 Å². The number of rotatable bonds is 5. The highest BCUT2D eigenvalue weighted by Crippen LogP contribution is 2.34. The van der Waals surface area contributed by atoms with Crippen LogP contribution < -0.4 is 15.4 Å². The van der Waals surface area contributed by atoms with Gasteiger partial charge < -0.3 is 10.1 Å². The van der Waals surface area contributed by atoms with Crippen LogP contribution in [0.4, 0.5) is 0 Å². The predicted molar refractivity (Wildman–Crippen MR) is 94.7 cm³/mol. The monoisotopic (exact) mass is 353 g/mol. The van der Waals surface area contributed by atoms with Crippen LogP contribution >= 0.6 is 0 Å². The summed E-state index contributed by atoms with van der Waals surface area (Å²) in [5, 5.41) is 6.42. The molecule has 2 aliphatic heterocycles. The Labute approximate surface area is 144 Å². The van der Waals surface area contributed by atoms with Crippen molar-refractivity contribution in [3.05, 3.63) is 29.8 Å². The lowest BCUT2D eigenvalue weighted by molar-refractivity contribution is 0.309. The molecule has 0 aliphatic carbocycles. The average Bonchev–Trinajstić information content (AvgIpc) is 3.00. The zero-order valence-corrected chi connectivity index (χ0v) is 15.2. The standard InChI is InChI=1S/C17H27N3O3S/c1-17(11-18-13-19-17)12-24(21,22)20-9-7-14(8-10-20)15-5-3-4-6-16(15)23-2/h3-6,14,18-19H,7-13H2,1-2H3/t17-/m0/s1. The molecule has 0 unspecified atom stereocenters. The van der Waals surface area contributed by atoms with Gasteiger partial charge in [0, 0.05) is 31.8 Å². The summed E-state index contributed by atoms with van der Waals surface area (Å²) in [7, 11) is -1.56. The van der Waals surface area contributed by atoms with Crippen molar-refractivity contribution in [1.82, 2.24) is 14.9 Å². The first-order valence-electron chi connectivity index (χ1n) is 8.50. The fourth-order valence-electron chi connectivity index (χ4n) is 3.72. The molecule has 2 N–H and O–H groups in total. The lowest BCUT2D eigenvalue weighted by Crippen LogP contribution is -2.50. The Bertz CT molecular complexity index is 663. The Balaban J connectivity index is 1.64. The molecule has 1 aromatic carbocycles. The first-order valence-corrected chi connectivity index (χ1v) is 10.1. The summed E-state index contributed by atoms with van der Waals surface area (Å²) in [5.41, 5.74) is 0.809. The second kappa shape index (κ2) is 7.00. The van der Waals surface area contributed by atoms with Crippen molar-refractivity contribution in [2.24, 2.45) is 0 Å². The quantitative estimate of drug-likeness (QED) is 0.830. The second-order valence-electron chi connectivity index (χ2n) is 7.01. The van der Waals surface area contributed by atoms with Gasteiger partial charge in [-0.05, 0) is 37.3 Å². The molecule has 7 heteroatoms. The van der Waals surface area contributed by atoms with Crippen LogP contribution in [0.2, 0.25) is 0 Å². The van der Waals surface area contributed by atoms with Crippen LogP contribution in [-0.4, -0.2) is 57.4 Å². The average molecular weight is 353 g/mol. The van der Waals surface area contributed by atoms with Gasteiger partial charge in [0.2, 0.25) is 10.0 Å². The number of ether oxygens (including phenoxy) is 1. The summed E-state index contributed by atoms with van der Waals surface area (Å²) in [6, 6.07) is 8.03. The number of piperidine rings is 1. The number of nitrogens with one attached hydrogen (secondary N) is 2. The first-order chi connectivity index (χ1) is 11.4. The minimum atomic E-state index is -3.25. The third-order valence-corrected chi connectivity index (χ3v) is 7.24. The Morgan fingerprint density at radius 2 is 2.00 bits per heavy atom. The predicted octanol–water partition coefficient (Wildman–Crippen LogP) is 1.11. The maximum absolute atomic E-state index is 12.7. The molecule has 6 nitrogen and oxygen atoms in total. The van der Waals surface area contributed by atoms with Gasteiger partial charge in [0.1, 0.15) is 5.75 Å². The number of sulfonamides is 1. The smallest absolute Gasteiger partial charge is 0.215 e. The normalized spacial score (nSPS) is 26.6. The Morgan fingerprint density at radius 1 is 1.29 bits per heavy atom. The molecule has 0 saturated carbocycles. The van der Waals surface area contributed by atoms with Crippen molar-refractivity contribution in [1.29, 1.82) is 0 Å². The summed E-state index contributed by atoms with van der Waals surface area (Å²) in [6.07, 6.45) is 1.67. The molecule has 1 atom stereocenters. The fraction of sp³-hybridized carbons (Fsp3) is 0.647. The van der Waals surface area contributed by atoms with Crippen molar-refractivity contribution >= 4 is 10.0 Å². The number of benzene rings is 1. The maximum atomic E-state index is 12.7. The molecule has 0 aromatic heterocycles. The zero-order chi connectivity index (χ0) is 17.2.